The standard InChI is InChI=1S/C15H12F2N6/c16-11-2-1-10(7-12(11)17)23-15-13(18)14(20-8-21-15)22-9-3-5-19-6-4-9/h1-8H,18H2,(H2,19,20,21,22,23). The van der Waals surface area contributed by atoms with Crippen LogP contribution in [0.4, 0.5) is 37.5 Å². The Labute approximate surface area is 130 Å². The van der Waals surface area contributed by atoms with E-state index in [1.54, 1.807) is 24.5 Å². The van der Waals surface area contributed by atoms with Crippen LogP contribution in [0.25, 0.3) is 0 Å². The van der Waals surface area contributed by atoms with E-state index in [2.05, 4.69) is 25.6 Å². The number of pyridine rings is 1. The monoisotopic (exact) mass is 314 g/mol. The number of anilines is 5. The number of halogens is 2. The molecule has 0 aliphatic carbocycles. The molecule has 3 aromatic rings. The van der Waals surface area contributed by atoms with Crippen molar-refractivity contribution in [1.29, 1.82) is 0 Å². The first-order chi connectivity index (χ1) is 11.1. The molecule has 0 fully saturated rings. The minimum atomic E-state index is -0.960. The van der Waals surface area contributed by atoms with Crippen LogP contribution in [-0.2, 0) is 0 Å². The van der Waals surface area contributed by atoms with Crippen molar-refractivity contribution in [3.63, 3.8) is 0 Å². The molecule has 2 aromatic heterocycles. The highest BCUT2D eigenvalue weighted by Crippen LogP contribution is 2.28. The smallest absolute Gasteiger partial charge is 0.160 e. The summed E-state index contributed by atoms with van der Waals surface area (Å²) < 4.78 is 26.2. The van der Waals surface area contributed by atoms with Crippen LogP contribution in [0, 0.1) is 11.6 Å². The van der Waals surface area contributed by atoms with Crippen molar-refractivity contribution < 1.29 is 8.78 Å². The maximum absolute atomic E-state index is 13.3. The van der Waals surface area contributed by atoms with E-state index in [9.17, 15) is 8.78 Å². The first kappa shape index (κ1) is 14.6. The normalized spacial score (nSPS) is 10.3. The van der Waals surface area contributed by atoms with Crippen molar-refractivity contribution in [3.8, 4) is 0 Å². The fourth-order valence-corrected chi connectivity index (χ4v) is 1.88. The van der Waals surface area contributed by atoms with Crippen molar-refractivity contribution in [2.45, 2.75) is 0 Å². The van der Waals surface area contributed by atoms with Gasteiger partial charge in [-0.05, 0) is 24.3 Å². The molecule has 0 atom stereocenters. The number of rotatable bonds is 4. The summed E-state index contributed by atoms with van der Waals surface area (Å²) in [6.07, 6.45) is 4.56. The molecule has 1 aromatic carbocycles. The van der Waals surface area contributed by atoms with Gasteiger partial charge in [0.15, 0.2) is 23.3 Å². The van der Waals surface area contributed by atoms with Gasteiger partial charge in [-0.3, -0.25) is 4.98 Å². The van der Waals surface area contributed by atoms with E-state index in [0.717, 1.165) is 17.8 Å². The van der Waals surface area contributed by atoms with Gasteiger partial charge in [0, 0.05) is 29.8 Å². The van der Waals surface area contributed by atoms with Crippen LogP contribution in [0.2, 0.25) is 0 Å². The van der Waals surface area contributed by atoms with Crippen LogP contribution in [0.1, 0.15) is 0 Å². The van der Waals surface area contributed by atoms with E-state index < -0.39 is 11.6 Å². The Hall–Kier alpha value is -3.29. The number of aromatic nitrogens is 3. The SMILES string of the molecule is Nc1c(Nc2ccncc2)ncnc1Nc1ccc(F)c(F)c1. The molecule has 116 valence electrons. The molecular formula is C15H12F2N6. The zero-order valence-electron chi connectivity index (χ0n) is 11.8. The van der Waals surface area contributed by atoms with Gasteiger partial charge in [-0.25, -0.2) is 18.7 Å². The lowest BCUT2D eigenvalue weighted by molar-refractivity contribution is 0.509. The van der Waals surface area contributed by atoms with Crippen LogP contribution in [-0.4, -0.2) is 15.0 Å². The lowest BCUT2D eigenvalue weighted by Gasteiger charge is -2.12. The number of benzene rings is 1. The van der Waals surface area contributed by atoms with Crippen LogP contribution in [0.15, 0.2) is 49.1 Å². The molecule has 8 heteroatoms. The fraction of sp³-hybridized carbons (Fsp3) is 0. The highest BCUT2D eigenvalue weighted by Gasteiger charge is 2.10. The summed E-state index contributed by atoms with van der Waals surface area (Å²) >= 11 is 0. The molecule has 0 aliphatic heterocycles. The molecule has 2 heterocycles. The fourth-order valence-electron chi connectivity index (χ4n) is 1.88. The molecule has 0 amide bonds. The molecule has 3 rings (SSSR count). The second-order valence-corrected chi connectivity index (χ2v) is 4.60. The van der Waals surface area contributed by atoms with Gasteiger partial charge in [0.05, 0.1) is 0 Å². The molecule has 0 unspecified atom stereocenters. The number of nitrogens with one attached hydrogen (secondary N) is 2. The minimum absolute atomic E-state index is 0.244. The summed E-state index contributed by atoms with van der Waals surface area (Å²) in [5, 5.41) is 5.86. The lowest BCUT2D eigenvalue weighted by Crippen LogP contribution is -2.05. The van der Waals surface area contributed by atoms with E-state index in [1.807, 2.05) is 0 Å². The lowest BCUT2D eigenvalue weighted by atomic mass is 10.3. The summed E-state index contributed by atoms with van der Waals surface area (Å²) in [6, 6.07) is 6.93. The molecule has 0 bridgehead atoms. The van der Waals surface area contributed by atoms with E-state index in [0.29, 0.717) is 11.5 Å². The van der Waals surface area contributed by atoms with Gasteiger partial charge in [0.1, 0.15) is 12.0 Å². The Balaban J connectivity index is 1.86. The van der Waals surface area contributed by atoms with Crippen molar-refractivity contribution in [2.75, 3.05) is 16.4 Å². The largest absolute Gasteiger partial charge is 0.393 e. The van der Waals surface area contributed by atoms with Gasteiger partial charge in [-0.15, -0.1) is 0 Å². The second kappa shape index (κ2) is 6.22. The number of hydrogen-bond donors (Lipinski definition) is 3. The van der Waals surface area contributed by atoms with Crippen molar-refractivity contribution in [2.24, 2.45) is 0 Å². The topological polar surface area (TPSA) is 88.8 Å². The van der Waals surface area contributed by atoms with Gasteiger partial charge in [-0.1, -0.05) is 0 Å². The Morgan fingerprint density at radius 3 is 2.13 bits per heavy atom. The number of nitrogens with two attached hydrogens (primary N) is 1. The van der Waals surface area contributed by atoms with Gasteiger partial charge >= 0.3 is 0 Å². The van der Waals surface area contributed by atoms with Crippen LogP contribution < -0.4 is 16.4 Å². The minimum Gasteiger partial charge on any atom is -0.393 e. The van der Waals surface area contributed by atoms with Gasteiger partial charge in [0.25, 0.3) is 0 Å². The summed E-state index contributed by atoms with van der Waals surface area (Å²) in [5.74, 6) is -1.22. The third kappa shape index (κ3) is 3.31. The zero-order valence-corrected chi connectivity index (χ0v) is 11.8. The molecule has 23 heavy (non-hydrogen) atoms. The summed E-state index contributed by atoms with van der Waals surface area (Å²) in [4.78, 5) is 12.0. The first-order valence-electron chi connectivity index (χ1n) is 6.63. The molecule has 0 aliphatic rings. The predicted octanol–water partition coefficient (Wildman–Crippen LogP) is 3.22. The van der Waals surface area contributed by atoms with Gasteiger partial charge in [0.2, 0.25) is 0 Å². The van der Waals surface area contributed by atoms with Crippen molar-refractivity contribution >= 4 is 28.7 Å². The summed E-state index contributed by atoms with van der Waals surface area (Å²) in [6.45, 7) is 0. The predicted molar refractivity (Wildman–Crippen MR) is 83.6 cm³/mol. The highest BCUT2D eigenvalue weighted by molar-refractivity contribution is 5.80. The number of nitrogen functional groups attached to an aromatic ring is 1. The van der Waals surface area contributed by atoms with E-state index in [4.69, 9.17) is 5.73 Å². The Kier molecular flexibility index (Phi) is 3.96. The van der Waals surface area contributed by atoms with E-state index >= 15 is 0 Å². The maximum atomic E-state index is 13.3. The molecule has 0 radical (unpaired) electrons. The Morgan fingerprint density at radius 2 is 1.48 bits per heavy atom. The number of hydrogen-bond acceptors (Lipinski definition) is 6. The maximum Gasteiger partial charge on any atom is 0.160 e. The van der Waals surface area contributed by atoms with Gasteiger partial charge < -0.3 is 16.4 Å². The first-order valence-corrected chi connectivity index (χ1v) is 6.63. The van der Waals surface area contributed by atoms with Crippen molar-refractivity contribution in [1.82, 2.24) is 15.0 Å². The van der Waals surface area contributed by atoms with E-state index in [1.165, 1.54) is 12.4 Å². The van der Waals surface area contributed by atoms with Crippen LogP contribution in [0.5, 0.6) is 0 Å². The highest BCUT2D eigenvalue weighted by atomic mass is 19.2. The average molecular weight is 314 g/mol. The molecule has 0 saturated heterocycles. The molecule has 6 nitrogen and oxygen atoms in total. The zero-order chi connectivity index (χ0) is 16.2. The van der Waals surface area contributed by atoms with E-state index in [-0.39, 0.29) is 11.5 Å². The second-order valence-electron chi connectivity index (χ2n) is 4.60. The molecule has 0 saturated carbocycles. The molecule has 4 N–H and O–H groups in total. The number of nitrogens with zero attached hydrogens (tertiary/aromatic N) is 3. The molecule has 0 spiro atoms. The third-order valence-corrected chi connectivity index (χ3v) is 3.01. The average Bonchev–Trinajstić information content (AvgIpc) is 2.56. The Bertz CT molecular complexity index is 825. The summed E-state index contributed by atoms with van der Waals surface area (Å²) in [7, 11) is 0. The van der Waals surface area contributed by atoms with Gasteiger partial charge in [-0.2, -0.15) is 0 Å². The quantitative estimate of drug-likeness (QED) is 0.685. The van der Waals surface area contributed by atoms with Crippen LogP contribution in [0.3, 0.4) is 0 Å². The van der Waals surface area contributed by atoms with Crippen molar-refractivity contribution in [3.05, 3.63) is 60.7 Å². The summed E-state index contributed by atoms with van der Waals surface area (Å²) in [5.41, 5.74) is 7.34. The van der Waals surface area contributed by atoms with Crippen LogP contribution >= 0.6 is 0 Å². The Morgan fingerprint density at radius 1 is 0.826 bits per heavy atom. The molecular weight excluding hydrogens is 302 g/mol. The third-order valence-electron chi connectivity index (χ3n) is 3.01.